The van der Waals surface area contributed by atoms with Gasteiger partial charge >= 0.3 is 0 Å². The lowest BCUT2D eigenvalue weighted by Gasteiger charge is -2.10. The van der Waals surface area contributed by atoms with Crippen LogP contribution in [0.5, 0.6) is 0 Å². The van der Waals surface area contributed by atoms with Crippen molar-refractivity contribution in [3.05, 3.63) is 83.8 Å². The molecule has 0 radical (unpaired) electrons. The van der Waals surface area contributed by atoms with Crippen molar-refractivity contribution >= 4 is 46.0 Å². The Kier molecular flexibility index (Phi) is 5.26. The first kappa shape index (κ1) is 21.0. The Morgan fingerprint density at radius 2 is 1.85 bits per heavy atom. The molecular formula is C26H19FN2O3S. The number of carbonyl (C=O) groups excluding carboxylic acids is 2. The van der Waals surface area contributed by atoms with E-state index in [1.165, 1.54) is 24.1 Å². The lowest BCUT2D eigenvalue weighted by Crippen LogP contribution is -2.18. The van der Waals surface area contributed by atoms with E-state index in [2.05, 4.69) is 5.32 Å². The number of fused-ring (bicyclic) bond motifs is 3. The summed E-state index contributed by atoms with van der Waals surface area (Å²) in [6, 6.07) is 17.1. The lowest BCUT2D eigenvalue weighted by molar-refractivity contribution is 0.0964. The molecule has 2 heterocycles. The van der Waals surface area contributed by atoms with Crippen molar-refractivity contribution in [3.63, 3.8) is 0 Å². The molecule has 0 aliphatic carbocycles. The molecule has 33 heavy (non-hydrogen) atoms. The number of aldehydes is 1. The summed E-state index contributed by atoms with van der Waals surface area (Å²) >= 11 is 1.54. The van der Waals surface area contributed by atoms with Crippen LogP contribution in [0.3, 0.4) is 0 Å². The molecule has 5 aromatic rings. The number of nitrogens with one attached hydrogen (secondary N) is 1. The van der Waals surface area contributed by atoms with Crippen LogP contribution in [-0.4, -0.2) is 29.5 Å². The van der Waals surface area contributed by atoms with Gasteiger partial charge in [-0.1, -0.05) is 18.2 Å². The molecule has 0 saturated heterocycles. The fraction of sp³-hybridized carbons (Fsp3) is 0.0769. The van der Waals surface area contributed by atoms with Crippen LogP contribution in [0, 0.1) is 5.82 Å². The first-order chi connectivity index (χ1) is 16.0. The van der Waals surface area contributed by atoms with Gasteiger partial charge in [0, 0.05) is 47.0 Å². The maximum absolute atomic E-state index is 13.5. The zero-order chi connectivity index (χ0) is 23.1. The van der Waals surface area contributed by atoms with Crippen molar-refractivity contribution in [2.75, 3.05) is 13.3 Å². The molecule has 0 aliphatic heterocycles. The van der Waals surface area contributed by atoms with Gasteiger partial charge in [-0.3, -0.25) is 13.6 Å². The average Bonchev–Trinajstić information content (AvgIpc) is 3.45. The number of furan rings is 1. The fourth-order valence-corrected chi connectivity index (χ4v) is 4.72. The average molecular weight is 459 g/mol. The zero-order valence-corrected chi connectivity index (χ0v) is 18.7. The van der Waals surface area contributed by atoms with Crippen LogP contribution in [0.2, 0.25) is 0 Å². The molecule has 5 rings (SSSR count). The molecule has 0 saturated carbocycles. The predicted octanol–water partition coefficient (Wildman–Crippen LogP) is 6.16. The van der Waals surface area contributed by atoms with Crippen LogP contribution in [0.15, 0.2) is 71.3 Å². The molecule has 1 N–H and O–H groups in total. The van der Waals surface area contributed by atoms with Crippen molar-refractivity contribution in [1.82, 2.24) is 9.29 Å². The van der Waals surface area contributed by atoms with E-state index in [1.54, 1.807) is 25.2 Å². The standard InChI is InChI=1S/C26H19FN2O3S/c1-28-26(31)22-21-13-20(17-5-3-4-15(12-17)14-30)23-19(10-11-29(23)33-2)25(21)32-24(22)16-6-8-18(27)9-7-16/h3-14H,1-2H3,(H,28,31). The second-order valence-electron chi connectivity index (χ2n) is 7.52. The fourth-order valence-electron chi connectivity index (χ4n) is 4.16. The molecule has 0 spiro atoms. The van der Waals surface area contributed by atoms with Gasteiger partial charge in [-0.05, 0) is 60.0 Å². The first-order valence-corrected chi connectivity index (χ1v) is 11.4. The van der Waals surface area contributed by atoms with Crippen molar-refractivity contribution < 1.29 is 18.4 Å². The van der Waals surface area contributed by atoms with Crippen molar-refractivity contribution in [3.8, 4) is 22.5 Å². The highest BCUT2D eigenvalue weighted by molar-refractivity contribution is 7.97. The summed E-state index contributed by atoms with van der Waals surface area (Å²) in [5.41, 5.74) is 4.77. The minimum Gasteiger partial charge on any atom is -0.454 e. The summed E-state index contributed by atoms with van der Waals surface area (Å²) in [6.07, 6.45) is 4.73. The normalized spacial score (nSPS) is 11.2. The Balaban J connectivity index is 1.91. The van der Waals surface area contributed by atoms with E-state index in [9.17, 15) is 14.0 Å². The SMILES string of the molecule is CNC(=O)c1c(-c2ccc(F)cc2)oc2c1cc(-c1cccc(C=O)c1)c1c2ccn1SC. The number of hydrogen-bond donors (Lipinski definition) is 1. The zero-order valence-electron chi connectivity index (χ0n) is 17.9. The second kappa shape index (κ2) is 8.26. The van der Waals surface area contributed by atoms with E-state index >= 15 is 0 Å². The number of aromatic nitrogens is 1. The molecule has 0 aliphatic rings. The minimum atomic E-state index is -0.367. The number of halogens is 1. The third-order valence-corrected chi connectivity index (χ3v) is 6.37. The van der Waals surface area contributed by atoms with E-state index in [0.717, 1.165) is 28.3 Å². The van der Waals surface area contributed by atoms with Crippen LogP contribution >= 0.6 is 11.9 Å². The number of nitrogens with zero attached hydrogens (tertiary/aromatic N) is 1. The monoisotopic (exact) mass is 458 g/mol. The smallest absolute Gasteiger partial charge is 0.255 e. The molecule has 7 heteroatoms. The van der Waals surface area contributed by atoms with Crippen LogP contribution in [0.25, 0.3) is 44.3 Å². The molecule has 0 atom stereocenters. The van der Waals surface area contributed by atoms with Gasteiger partial charge in [0.2, 0.25) is 0 Å². The van der Waals surface area contributed by atoms with E-state index in [-0.39, 0.29) is 11.7 Å². The third kappa shape index (κ3) is 3.41. The number of hydrogen-bond acceptors (Lipinski definition) is 4. The van der Waals surface area contributed by atoms with Gasteiger partial charge < -0.3 is 9.73 Å². The Labute approximate surface area is 193 Å². The number of benzene rings is 3. The molecule has 164 valence electrons. The van der Waals surface area contributed by atoms with E-state index in [0.29, 0.717) is 33.4 Å². The van der Waals surface area contributed by atoms with Crippen LogP contribution in [0.4, 0.5) is 4.39 Å². The summed E-state index contributed by atoms with van der Waals surface area (Å²) in [7, 11) is 1.56. The Morgan fingerprint density at radius 3 is 2.55 bits per heavy atom. The van der Waals surface area contributed by atoms with E-state index in [4.69, 9.17) is 4.42 Å². The summed E-state index contributed by atoms with van der Waals surface area (Å²) in [4.78, 5) is 24.4. The third-order valence-electron chi connectivity index (χ3n) is 5.68. The molecule has 0 bridgehead atoms. The molecule has 5 nitrogen and oxygen atoms in total. The summed E-state index contributed by atoms with van der Waals surface area (Å²) < 4.78 is 21.9. The van der Waals surface area contributed by atoms with Crippen molar-refractivity contribution in [2.45, 2.75) is 0 Å². The van der Waals surface area contributed by atoms with Gasteiger partial charge in [-0.2, -0.15) is 0 Å². The van der Waals surface area contributed by atoms with Crippen LogP contribution < -0.4 is 5.32 Å². The van der Waals surface area contributed by atoms with Gasteiger partial charge in [0.25, 0.3) is 5.91 Å². The van der Waals surface area contributed by atoms with Crippen molar-refractivity contribution in [2.24, 2.45) is 0 Å². The molecule has 3 aromatic carbocycles. The Bertz CT molecular complexity index is 1530. The largest absolute Gasteiger partial charge is 0.454 e. The topological polar surface area (TPSA) is 64.2 Å². The number of amides is 1. The molecule has 1 amide bonds. The second-order valence-corrected chi connectivity index (χ2v) is 8.28. The van der Waals surface area contributed by atoms with Gasteiger partial charge in [-0.25, -0.2) is 4.39 Å². The molecule has 2 aromatic heterocycles. The highest BCUT2D eigenvalue weighted by atomic mass is 32.2. The van der Waals surface area contributed by atoms with Crippen molar-refractivity contribution in [1.29, 1.82) is 0 Å². The highest BCUT2D eigenvalue weighted by Gasteiger charge is 2.25. The van der Waals surface area contributed by atoms with Gasteiger partial charge in [0.05, 0.1) is 11.1 Å². The van der Waals surface area contributed by atoms with Gasteiger partial charge in [-0.15, -0.1) is 0 Å². The predicted molar refractivity (Wildman–Crippen MR) is 130 cm³/mol. The molecular weight excluding hydrogens is 439 g/mol. The van der Waals surface area contributed by atoms with Gasteiger partial charge in [0.1, 0.15) is 23.4 Å². The molecule has 0 fully saturated rings. The van der Waals surface area contributed by atoms with E-state index in [1.807, 2.05) is 46.8 Å². The summed E-state index contributed by atoms with van der Waals surface area (Å²) in [6.45, 7) is 0. The maximum Gasteiger partial charge on any atom is 0.255 e. The van der Waals surface area contributed by atoms with E-state index < -0.39 is 0 Å². The Hall–Kier alpha value is -3.84. The number of rotatable bonds is 5. The Morgan fingerprint density at radius 1 is 1.06 bits per heavy atom. The minimum absolute atomic E-state index is 0.302. The molecule has 0 unspecified atom stereocenters. The van der Waals surface area contributed by atoms with Gasteiger partial charge in [0.15, 0.2) is 0 Å². The summed E-state index contributed by atoms with van der Waals surface area (Å²) in [5, 5.41) is 4.18. The quantitative estimate of drug-likeness (QED) is 0.321. The summed E-state index contributed by atoms with van der Waals surface area (Å²) in [5.74, 6) is -0.293. The number of carbonyl (C=O) groups is 2. The maximum atomic E-state index is 13.5. The highest BCUT2D eigenvalue weighted by Crippen LogP contribution is 2.42. The van der Waals surface area contributed by atoms with Crippen LogP contribution in [-0.2, 0) is 0 Å². The first-order valence-electron chi connectivity index (χ1n) is 10.2. The lowest BCUT2D eigenvalue weighted by atomic mass is 9.97. The van der Waals surface area contributed by atoms with Crippen LogP contribution in [0.1, 0.15) is 20.7 Å².